The zero-order chi connectivity index (χ0) is 14.3. The Balaban J connectivity index is 3.08. The van der Waals surface area contributed by atoms with Gasteiger partial charge in [0.25, 0.3) is 0 Å². The Morgan fingerprint density at radius 2 is 2.05 bits per heavy atom. The molecular weight excluding hydrogens is 269 g/mol. The molecule has 108 valence electrons. The molecule has 0 aliphatic carbocycles. The second-order valence-corrected chi connectivity index (χ2v) is 4.64. The van der Waals surface area contributed by atoms with Crippen LogP contribution in [-0.2, 0) is 15.4 Å². The summed E-state index contributed by atoms with van der Waals surface area (Å²) in [5.41, 5.74) is 1.32. The lowest BCUT2D eigenvalue weighted by Gasteiger charge is -2.32. The van der Waals surface area contributed by atoms with Crippen LogP contribution in [0.3, 0.4) is 0 Å². The van der Waals surface area contributed by atoms with Gasteiger partial charge in [-0.1, -0.05) is 12.1 Å². The molecule has 0 aliphatic rings. The molecule has 0 fully saturated rings. The predicted octanol–water partition coefficient (Wildman–Crippen LogP) is 3.05. The highest BCUT2D eigenvalue weighted by molar-refractivity contribution is 6.17. The fourth-order valence-electron chi connectivity index (χ4n) is 2.06. The van der Waals surface area contributed by atoms with E-state index in [1.54, 1.807) is 20.3 Å². The Kier molecular flexibility index (Phi) is 7.13. The molecule has 3 nitrogen and oxygen atoms in total. The van der Waals surface area contributed by atoms with Crippen LogP contribution in [-0.4, -0.2) is 40.0 Å². The SMILES string of the molecule is COCCN(c1c(F)cccc1CCl)C(C)COC. The number of rotatable bonds is 8. The van der Waals surface area contributed by atoms with Gasteiger partial charge in [0.1, 0.15) is 5.82 Å². The number of ether oxygens (including phenoxy) is 2. The molecule has 19 heavy (non-hydrogen) atoms. The van der Waals surface area contributed by atoms with Crippen LogP contribution in [0.1, 0.15) is 12.5 Å². The van der Waals surface area contributed by atoms with Gasteiger partial charge in [-0.2, -0.15) is 0 Å². The van der Waals surface area contributed by atoms with Crippen molar-refractivity contribution in [2.24, 2.45) is 0 Å². The van der Waals surface area contributed by atoms with Crippen LogP contribution in [0.15, 0.2) is 18.2 Å². The molecule has 0 spiro atoms. The van der Waals surface area contributed by atoms with Crippen molar-refractivity contribution in [3.63, 3.8) is 0 Å². The number of anilines is 1. The summed E-state index contributed by atoms with van der Waals surface area (Å²) >= 11 is 5.91. The standard InChI is InChI=1S/C14H21ClFNO2/c1-11(10-19-3)17(7-8-18-2)14-12(9-15)5-4-6-13(14)16/h4-6,11H,7-10H2,1-3H3. The lowest BCUT2D eigenvalue weighted by molar-refractivity contribution is 0.170. The smallest absolute Gasteiger partial charge is 0.146 e. The third kappa shape index (κ3) is 4.34. The molecule has 1 unspecified atom stereocenters. The molecule has 0 heterocycles. The maximum Gasteiger partial charge on any atom is 0.146 e. The van der Waals surface area contributed by atoms with Gasteiger partial charge in [-0.05, 0) is 18.6 Å². The first-order chi connectivity index (χ1) is 9.15. The highest BCUT2D eigenvalue weighted by atomic mass is 35.5. The van der Waals surface area contributed by atoms with E-state index in [1.807, 2.05) is 17.9 Å². The fourth-order valence-corrected chi connectivity index (χ4v) is 2.28. The Hall–Kier alpha value is -0.840. The lowest BCUT2D eigenvalue weighted by atomic mass is 10.1. The van der Waals surface area contributed by atoms with Crippen molar-refractivity contribution in [1.29, 1.82) is 0 Å². The minimum absolute atomic E-state index is 0.0408. The van der Waals surface area contributed by atoms with Crippen molar-refractivity contribution in [2.75, 3.05) is 38.9 Å². The molecule has 1 aromatic rings. The molecule has 0 aromatic heterocycles. The Labute approximate surface area is 119 Å². The van der Waals surface area contributed by atoms with E-state index in [0.29, 0.717) is 25.4 Å². The highest BCUT2D eigenvalue weighted by Gasteiger charge is 2.20. The summed E-state index contributed by atoms with van der Waals surface area (Å²) in [5, 5.41) is 0. The topological polar surface area (TPSA) is 21.7 Å². The average molecular weight is 290 g/mol. The van der Waals surface area contributed by atoms with Crippen LogP contribution < -0.4 is 4.90 Å². The minimum atomic E-state index is -0.266. The van der Waals surface area contributed by atoms with Gasteiger partial charge >= 0.3 is 0 Å². The van der Waals surface area contributed by atoms with E-state index in [9.17, 15) is 4.39 Å². The van der Waals surface area contributed by atoms with Crippen molar-refractivity contribution < 1.29 is 13.9 Å². The number of nitrogens with zero attached hydrogens (tertiary/aromatic N) is 1. The lowest BCUT2D eigenvalue weighted by Crippen LogP contribution is -2.39. The van der Waals surface area contributed by atoms with E-state index in [2.05, 4.69) is 0 Å². The molecule has 0 saturated carbocycles. The van der Waals surface area contributed by atoms with Gasteiger partial charge in [-0.3, -0.25) is 0 Å². The van der Waals surface area contributed by atoms with Gasteiger partial charge in [-0.25, -0.2) is 4.39 Å². The number of hydrogen-bond donors (Lipinski definition) is 0. The average Bonchev–Trinajstić information content (AvgIpc) is 2.40. The van der Waals surface area contributed by atoms with E-state index in [1.165, 1.54) is 6.07 Å². The zero-order valence-corrected chi connectivity index (χ0v) is 12.4. The summed E-state index contributed by atoms with van der Waals surface area (Å²) in [4.78, 5) is 1.94. The summed E-state index contributed by atoms with van der Waals surface area (Å²) in [7, 11) is 3.26. The maximum absolute atomic E-state index is 14.1. The van der Waals surface area contributed by atoms with Crippen molar-refractivity contribution in [3.8, 4) is 0 Å². The first kappa shape index (κ1) is 16.2. The molecule has 0 amide bonds. The largest absolute Gasteiger partial charge is 0.383 e. The Bertz CT molecular complexity index is 390. The molecule has 0 radical (unpaired) electrons. The van der Waals surface area contributed by atoms with E-state index < -0.39 is 0 Å². The maximum atomic E-state index is 14.1. The summed E-state index contributed by atoms with van der Waals surface area (Å²) in [6.45, 7) is 3.61. The molecule has 0 saturated heterocycles. The van der Waals surface area contributed by atoms with Gasteiger partial charge in [-0.15, -0.1) is 11.6 Å². The van der Waals surface area contributed by atoms with Crippen LogP contribution in [0.2, 0.25) is 0 Å². The predicted molar refractivity (Wildman–Crippen MR) is 76.5 cm³/mol. The molecule has 1 aromatic carbocycles. The highest BCUT2D eigenvalue weighted by Crippen LogP contribution is 2.27. The fraction of sp³-hybridized carbons (Fsp3) is 0.571. The summed E-state index contributed by atoms with van der Waals surface area (Å²) in [5.74, 6) is 0.00761. The van der Waals surface area contributed by atoms with E-state index in [0.717, 1.165) is 5.56 Å². The second kappa shape index (κ2) is 8.35. The number of para-hydroxylation sites is 1. The van der Waals surface area contributed by atoms with Crippen molar-refractivity contribution in [1.82, 2.24) is 0 Å². The number of methoxy groups -OCH3 is 2. The van der Waals surface area contributed by atoms with Crippen LogP contribution in [0, 0.1) is 5.82 Å². The molecule has 0 N–H and O–H groups in total. The van der Waals surface area contributed by atoms with Gasteiger partial charge in [0.2, 0.25) is 0 Å². The number of halogens is 2. The molecule has 1 atom stereocenters. The van der Waals surface area contributed by atoms with Crippen molar-refractivity contribution >= 4 is 17.3 Å². The van der Waals surface area contributed by atoms with Gasteiger partial charge in [0, 0.05) is 32.7 Å². The van der Waals surface area contributed by atoms with Gasteiger partial charge in [0.05, 0.1) is 18.9 Å². The quantitative estimate of drug-likeness (QED) is 0.687. The summed E-state index contributed by atoms with van der Waals surface area (Å²) < 4.78 is 24.4. The van der Waals surface area contributed by atoms with E-state index >= 15 is 0 Å². The summed E-state index contributed by atoms with van der Waals surface area (Å²) in [6, 6.07) is 5.00. The number of benzene rings is 1. The third-order valence-electron chi connectivity index (χ3n) is 2.98. The van der Waals surface area contributed by atoms with Gasteiger partial charge in [0.15, 0.2) is 0 Å². The minimum Gasteiger partial charge on any atom is -0.383 e. The van der Waals surface area contributed by atoms with Crippen molar-refractivity contribution in [3.05, 3.63) is 29.6 Å². The van der Waals surface area contributed by atoms with Crippen LogP contribution in [0.5, 0.6) is 0 Å². The first-order valence-electron chi connectivity index (χ1n) is 6.23. The molecule has 5 heteroatoms. The van der Waals surface area contributed by atoms with Crippen LogP contribution >= 0.6 is 11.6 Å². The number of hydrogen-bond acceptors (Lipinski definition) is 3. The van der Waals surface area contributed by atoms with Crippen LogP contribution in [0.4, 0.5) is 10.1 Å². The number of alkyl halides is 1. The summed E-state index contributed by atoms with van der Waals surface area (Å²) in [6.07, 6.45) is 0. The molecule has 0 bridgehead atoms. The molecular formula is C14H21ClFNO2. The van der Waals surface area contributed by atoms with E-state index in [-0.39, 0.29) is 17.7 Å². The Morgan fingerprint density at radius 1 is 1.32 bits per heavy atom. The second-order valence-electron chi connectivity index (χ2n) is 4.37. The van der Waals surface area contributed by atoms with Crippen molar-refractivity contribution in [2.45, 2.75) is 18.8 Å². The zero-order valence-electron chi connectivity index (χ0n) is 11.7. The third-order valence-corrected chi connectivity index (χ3v) is 3.27. The Morgan fingerprint density at radius 3 is 2.63 bits per heavy atom. The van der Waals surface area contributed by atoms with Crippen LogP contribution in [0.25, 0.3) is 0 Å². The first-order valence-corrected chi connectivity index (χ1v) is 6.77. The molecule has 0 aliphatic heterocycles. The van der Waals surface area contributed by atoms with Gasteiger partial charge < -0.3 is 14.4 Å². The normalized spacial score (nSPS) is 12.5. The van der Waals surface area contributed by atoms with E-state index in [4.69, 9.17) is 21.1 Å². The monoisotopic (exact) mass is 289 g/mol. The molecule has 1 rings (SSSR count).